The van der Waals surface area contributed by atoms with Crippen LogP contribution in [0.2, 0.25) is 5.02 Å². The van der Waals surface area contributed by atoms with Crippen LogP contribution in [0.1, 0.15) is 38.7 Å². The number of carbonyl (C=O) groups excluding carboxylic acids is 1. The molecule has 1 saturated heterocycles. The molecule has 0 aromatic heterocycles. The van der Waals surface area contributed by atoms with E-state index in [4.69, 9.17) is 11.6 Å². The molecular formula is C21H29ClN2O3S. The number of carbonyl (C=O) groups is 1. The Bertz CT molecular complexity index is 906. The van der Waals surface area contributed by atoms with Crippen LogP contribution in [-0.4, -0.2) is 50.4 Å². The molecule has 1 aromatic rings. The first-order valence-electron chi connectivity index (χ1n) is 10.1. The van der Waals surface area contributed by atoms with Crippen molar-refractivity contribution >= 4 is 33.1 Å². The second kappa shape index (κ2) is 6.71. The topological polar surface area (TPSA) is 57.7 Å². The van der Waals surface area contributed by atoms with E-state index in [2.05, 4.69) is 18.7 Å². The standard InChI is InChI=1S/C21H29ClN2O3S/c1-15-4-5-17(22)13-18(15)23-8-10-24(11-9-23)28(26,27)14-21-7-6-16(12-19(21)25)20(21,2)3/h4-5,13,16H,6-12,14H2,1-3H3/t16-,21+/m0/s1. The number of rotatable bonds is 4. The first-order valence-corrected chi connectivity index (χ1v) is 12.1. The maximum Gasteiger partial charge on any atom is 0.215 e. The largest absolute Gasteiger partial charge is 0.369 e. The van der Waals surface area contributed by atoms with Crippen molar-refractivity contribution in [2.75, 3.05) is 36.8 Å². The van der Waals surface area contributed by atoms with Gasteiger partial charge in [0.05, 0.1) is 5.75 Å². The highest BCUT2D eigenvalue weighted by Crippen LogP contribution is 2.64. The molecule has 2 saturated carbocycles. The van der Waals surface area contributed by atoms with Crippen molar-refractivity contribution in [1.29, 1.82) is 0 Å². The molecule has 7 heteroatoms. The average molecular weight is 425 g/mol. The Labute approximate surface area is 173 Å². The molecular weight excluding hydrogens is 396 g/mol. The molecule has 1 aromatic carbocycles. The SMILES string of the molecule is Cc1ccc(Cl)cc1N1CCN(S(=O)(=O)C[C@]23CC[C@@H](CC2=O)C3(C)C)CC1. The van der Waals surface area contributed by atoms with Crippen molar-refractivity contribution in [2.45, 2.75) is 40.0 Å². The van der Waals surface area contributed by atoms with E-state index in [-0.39, 0.29) is 17.0 Å². The summed E-state index contributed by atoms with van der Waals surface area (Å²) in [4.78, 5) is 14.9. The lowest BCUT2D eigenvalue weighted by atomic mass is 9.70. The Balaban J connectivity index is 1.49. The molecule has 2 atom stereocenters. The molecule has 0 radical (unpaired) electrons. The van der Waals surface area contributed by atoms with Gasteiger partial charge >= 0.3 is 0 Å². The van der Waals surface area contributed by atoms with Gasteiger partial charge in [0.15, 0.2) is 0 Å². The number of halogens is 1. The van der Waals surface area contributed by atoms with E-state index in [9.17, 15) is 13.2 Å². The van der Waals surface area contributed by atoms with Gasteiger partial charge in [-0.25, -0.2) is 8.42 Å². The number of benzene rings is 1. The van der Waals surface area contributed by atoms with Crippen LogP contribution >= 0.6 is 11.6 Å². The number of Topliss-reactive ketones (excluding diaryl/α,β-unsaturated/α-hetero) is 1. The van der Waals surface area contributed by atoms with Crippen molar-refractivity contribution in [3.63, 3.8) is 0 Å². The van der Waals surface area contributed by atoms with E-state index < -0.39 is 15.4 Å². The molecule has 3 aliphatic rings. The zero-order valence-corrected chi connectivity index (χ0v) is 18.4. The smallest absolute Gasteiger partial charge is 0.215 e. The number of aryl methyl sites for hydroxylation is 1. The van der Waals surface area contributed by atoms with E-state index in [1.54, 1.807) is 4.31 Å². The van der Waals surface area contributed by atoms with Crippen molar-refractivity contribution in [3.8, 4) is 0 Å². The molecule has 4 rings (SSSR count). The van der Waals surface area contributed by atoms with E-state index in [0.717, 1.165) is 17.7 Å². The zero-order valence-electron chi connectivity index (χ0n) is 16.9. The molecule has 1 aliphatic heterocycles. The highest BCUT2D eigenvalue weighted by atomic mass is 35.5. The van der Waals surface area contributed by atoms with Crippen LogP contribution in [0.15, 0.2) is 18.2 Å². The molecule has 1 heterocycles. The molecule has 5 nitrogen and oxygen atoms in total. The number of nitrogens with zero attached hydrogens (tertiary/aromatic N) is 2. The zero-order chi connectivity index (χ0) is 20.3. The van der Waals surface area contributed by atoms with Crippen molar-refractivity contribution < 1.29 is 13.2 Å². The number of hydrogen-bond donors (Lipinski definition) is 0. The lowest BCUT2D eigenvalue weighted by molar-refractivity contribution is -0.128. The summed E-state index contributed by atoms with van der Waals surface area (Å²) < 4.78 is 28.1. The van der Waals surface area contributed by atoms with Gasteiger partial charge in [-0.3, -0.25) is 4.79 Å². The van der Waals surface area contributed by atoms with E-state index >= 15 is 0 Å². The molecule has 2 bridgehead atoms. The summed E-state index contributed by atoms with van der Waals surface area (Å²) in [5.74, 6) is 0.460. The van der Waals surface area contributed by atoms with Gasteiger partial charge in [-0.1, -0.05) is 31.5 Å². The number of fused-ring (bicyclic) bond motifs is 2. The number of piperazine rings is 1. The van der Waals surface area contributed by atoms with Crippen LogP contribution < -0.4 is 4.90 Å². The predicted octanol–water partition coefficient (Wildman–Crippen LogP) is 3.50. The molecule has 0 amide bonds. The predicted molar refractivity (Wildman–Crippen MR) is 112 cm³/mol. The van der Waals surface area contributed by atoms with Crippen LogP contribution in [-0.2, 0) is 14.8 Å². The number of ketones is 1. The number of anilines is 1. The number of sulfonamides is 1. The second-order valence-corrected chi connectivity index (χ2v) is 11.6. The van der Waals surface area contributed by atoms with Crippen molar-refractivity contribution in [3.05, 3.63) is 28.8 Å². The first-order chi connectivity index (χ1) is 13.1. The summed E-state index contributed by atoms with van der Waals surface area (Å²) in [6.07, 6.45) is 2.23. The minimum Gasteiger partial charge on any atom is -0.369 e. The fourth-order valence-electron chi connectivity index (χ4n) is 5.64. The van der Waals surface area contributed by atoms with Crippen LogP contribution in [0.4, 0.5) is 5.69 Å². The molecule has 0 unspecified atom stereocenters. The summed E-state index contributed by atoms with van der Waals surface area (Å²) in [6, 6.07) is 5.80. The van der Waals surface area contributed by atoms with Crippen molar-refractivity contribution in [2.24, 2.45) is 16.7 Å². The number of hydrogen-bond acceptors (Lipinski definition) is 4. The van der Waals surface area contributed by atoms with Gasteiger partial charge in [0.25, 0.3) is 0 Å². The maximum absolute atomic E-state index is 13.3. The normalized spacial score (nSPS) is 30.2. The molecule has 28 heavy (non-hydrogen) atoms. The highest BCUT2D eigenvalue weighted by Gasteiger charge is 2.65. The third-order valence-electron chi connectivity index (χ3n) is 7.71. The average Bonchev–Trinajstić information content (AvgIpc) is 2.98. The van der Waals surface area contributed by atoms with Crippen molar-refractivity contribution in [1.82, 2.24) is 4.31 Å². The monoisotopic (exact) mass is 424 g/mol. The highest BCUT2D eigenvalue weighted by molar-refractivity contribution is 7.89. The van der Waals surface area contributed by atoms with Gasteiger partial charge in [0, 0.05) is 48.7 Å². The Morgan fingerprint density at radius 2 is 1.86 bits per heavy atom. The third-order valence-corrected chi connectivity index (χ3v) is 9.96. The van der Waals surface area contributed by atoms with E-state index in [1.165, 1.54) is 0 Å². The lowest BCUT2D eigenvalue weighted by Crippen LogP contribution is -2.52. The van der Waals surface area contributed by atoms with E-state index in [1.807, 2.05) is 25.1 Å². The summed E-state index contributed by atoms with van der Waals surface area (Å²) in [6.45, 7) is 8.37. The third kappa shape index (κ3) is 2.99. The Morgan fingerprint density at radius 1 is 1.18 bits per heavy atom. The van der Waals surface area contributed by atoms with Gasteiger partial charge in [0.2, 0.25) is 10.0 Å². The van der Waals surface area contributed by atoms with Crippen LogP contribution in [0.3, 0.4) is 0 Å². The van der Waals surface area contributed by atoms with Gasteiger partial charge < -0.3 is 4.90 Å². The Morgan fingerprint density at radius 3 is 2.43 bits per heavy atom. The van der Waals surface area contributed by atoms with Crippen LogP contribution in [0.5, 0.6) is 0 Å². The minimum absolute atomic E-state index is 0.0292. The fraction of sp³-hybridized carbons (Fsp3) is 0.667. The molecule has 0 spiro atoms. The van der Waals surface area contributed by atoms with Gasteiger partial charge in [0.1, 0.15) is 5.78 Å². The molecule has 2 aliphatic carbocycles. The Hall–Kier alpha value is -1.11. The van der Waals surface area contributed by atoms with Gasteiger partial charge in [-0.15, -0.1) is 0 Å². The van der Waals surface area contributed by atoms with Gasteiger partial charge in [-0.05, 0) is 48.8 Å². The van der Waals surface area contributed by atoms with Crippen LogP contribution in [0, 0.1) is 23.7 Å². The summed E-state index contributed by atoms with van der Waals surface area (Å²) in [5, 5.41) is 0.688. The van der Waals surface area contributed by atoms with Gasteiger partial charge in [-0.2, -0.15) is 4.31 Å². The molecule has 0 N–H and O–H groups in total. The summed E-state index contributed by atoms with van der Waals surface area (Å²) in [7, 11) is -3.48. The maximum atomic E-state index is 13.3. The minimum atomic E-state index is -3.48. The second-order valence-electron chi connectivity index (χ2n) is 9.24. The Kier molecular flexibility index (Phi) is 4.83. The molecule has 154 valence electrons. The van der Waals surface area contributed by atoms with E-state index in [0.29, 0.717) is 50.0 Å². The lowest BCUT2D eigenvalue weighted by Gasteiger charge is -2.40. The summed E-state index contributed by atoms with van der Waals surface area (Å²) >= 11 is 6.14. The van der Waals surface area contributed by atoms with Crippen LogP contribution in [0.25, 0.3) is 0 Å². The molecule has 3 fully saturated rings. The summed E-state index contributed by atoms with van der Waals surface area (Å²) in [5.41, 5.74) is 1.28. The first kappa shape index (κ1) is 20.2. The fourth-order valence-corrected chi connectivity index (χ4v) is 8.01. The quantitative estimate of drug-likeness (QED) is 0.742.